The Balaban J connectivity index is 1.64. The fourth-order valence-electron chi connectivity index (χ4n) is 3.28. The number of nitrogens with zero attached hydrogens (tertiary/aromatic N) is 2. The average molecular weight is 343 g/mol. The van der Waals surface area contributed by atoms with Gasteiger partial charge in [0.1, 0.15) is 16.9 Å². The van der Waals surface area contributed by atoms with Gasteiger partial charge >= 0.3 is 0 Å². The quantitative estimate of drug-likeness (QED) is 0.788. The number of furan rings is 1. The van der Waals surface area contributed by atoms with Gasteiger partial charge in [0, 0.05) is 17.4 Å². The molecule has 0 spiro atoms. The number of hydrogen-bond donors (Lipinski definition) is 1. The normalized spacial score (nSPS) is 15.2. The zero-order valence-electron chi connectivity index (χ0n) is 13.0. The van der Waals surface area contributed by atoms with Gasteiger partial charge in [-0.2, -0.15) is 0 Å². The van der Waals surface area contributed by atoms with Crippen molar-refractivity contribution >= 4 is 27.5 Å². The lowest BCUT2D eigenvalue weighted by molar-refractivity contribution is -0.118. The van der Waals surface area contributed by atoms with Gasteiger partial charge in [-0.1, -0.05) is 12.8 Å². The molecule has 124 valence electrons. The Bertz CT molecular complexity index is 920. The smallest absolute Gasteiger partial charge is 0.281 e. The maximum atomic E-state index is 12.8. The van der Waals surface area contributed by atoms with Crippen LogP contribution in [0.3, 0.4) is 0 Å². The van der Waals surface area contributed by atoms with Gasteiger partial charge in [0.2, 0.25) is 5.91 Å². The molecule has 3 heterocycles. The monoisotopic (exact) mass is 343 g/mol. The summed E-state index contributed by atoms with van der Waals surface area (Å²) in [5.41, 5.74) is 3.09. The molecule has 0 radical (unpaired) electrons. The van der Waals surface area contributed by atoms with Gasteiger partial charge in [0.25, 0.3) is 5.56 Å². The minimum absolute atomic E-state index is 0.139. The van der Waals surface area contributed by atoms with Crippen LogP contribution in [-0.2, 0) is 4.79 Å². The van der Waals surface area contributed by atoms with E-state index < -0.39 is 0 Å². The highest BCUT2D eigenvalue weighted by atomic mass is 32.1. The Morgan fingerprint density at radius 2 is 2.25 bits per heavy atom. The number of carbonyl (C=O) groups excluding carboxylic acids is 1. The lowest BCUT2D eigenvalue weighted by Gasteiger charge is -2.11. The molecule has 3 aromatic rings. The molecule has 0 bridgehead atoms. The van der Waals surface area contributed by atoms with E-state index in [0.717, 1.165) is 12.8 Å². The molecule has 0 unspecified atom stereocenters. The number of nitrogens with one attached hydrogen (secondary N) is 1. The van der Waals surface area contributed by atoms with Crippen molar-refractivity contribution < 1.29 is 9.21 Å². The third-order valence-electron chi connectivity index (χ3n) is 4.48. The van der Waals surface area contributed by atoms with Crippen LogP contribution in [0.25, 0.3) is 21.5 Å². The predicted molar refractivity (Wildman–Crippen MR) is 92.5 cm³/mol. The second kappa shape index (κ2) is 6.24. The molecule has 1 amide bonds. The fourth-order valence-corrected chi connectivity index (χ4v) is 4.17. The van der Waals surface area contributed by atoms with E-state index in [0.29, 0.717) is 33.9 Å². The number of aromatic nitrogens is 2. The van der Waals surface area contributed by atoms with E-state index in [1.165, 1.54) is 35.2 Å². The van der Waals surface area contributed by atoms with Gasteiger partial charge in [0.05, 0.1) is 11.6 Å². The second-order valence-corrected chi connectivity index (χ2v) is 6.97. The van der Waals surface area contributed by atoms with Gasteiger partial charge in [-0.25, -0.2) is 9.66 Å². The van der Waals surface area contributed by atoms with Crippen LogP contribution in [-0.4, -0.2) is 15.6 Å². The standard InChI is InChI=1S/C17H17N3O3S/c21-14(8-11-4-1-2-5-11)19-20-10-18-16-15(17(20)22)12(9-24-16)13-6-3-7-23-13/h3,6-7,9-11H,1-2,4-5,8H2,(H,19,21). The zero-order valence-corrected chi connectivity index (χ0v) is 13.8. The molecule has 4 rings (SSSR count). The summed E-state index contributed by atoms with van der Waals surface area (Å²) in [7, 11) is 0. The third kappa shape index (κ3) is 2.75. The molecule has 1 aliphatic rings. The fraction of sp³-hybridized carbons (Fsp3) is 0.353. The van der Waals surface area contributed by atoms with E-state index in [9.17, 15) is 9.59 Å². The maximum absolute atomic E-state index is 12.8. The van der Waals surface area contributed by atoms with Crippen molar-refractivity contribution in [1.29, 1.82) is 0 Å². The molecule has 7 heteroatoms. The van der Waals surface area contributed by atoms with Crippen molar-refractivity contribution in [1.82, 2.24) is 9.66 Å². The van der Waals surface area contributed by atoms with Crippen molar-refractivity contribution in [2.45, 2.75) is 32.1 Å². The highest BCUT2D eigenvalue weighted by Gasteiger charge is 2.20. The molecule has 0 aliphatic heterocycles. The maximum Gasteiger partial charge on any atom is 0.281 e. The molecule has 1 fully saturated rings. The van der Waals surface area contributed by atoms with Crippen molar-refractivity contribution in [3.05, 3.63) is 40.5 Å². The van der Waals surface area contributed by atoms with Crippen molar-refractivity contribution in [3.8, 4) is 11.3 Å². The summed E-state index contributed by atoms with van der Waals surface area (Å²) in [6, 6.07) is 3.58. The Morgan fingerprint density at radius 3 is 3.00 bits per heavy atom. The van der Waals surface area contributed by atoms with Gasteiger partial charge in [0.15, 0.2) is 0 Å². The summed E-state index contributed by atoms with van der Waals surface area (Å²) in [5, 5.41) is 2.32. The summed E-state index contributed by atoms with van der Waals surface area (Å²) in [6.07, 6.45) is 7.95. The number of amides is 1. The second-order valence-electron chi connectivity index (χ2n) is 6.12. The zero-order chi connectivity index (χ0) is 16.5. The third-order valence-corrected chi connectivity index (χ3v) is 5.36. The molecular formula is C17H17N3O3S. The molecular weight excluding hydrogens is 326 g/mol. The van der Waals surface area contributed by atoms with Crippen molar-refractivity contribution in [3.63, 3.8) is 0 Å². The van der Waals surface area contributed by atoms with Crippen LogP contribution >= 0.6 is 11.3 Å². The van der Waals surface area contributed by atoms with E-state index in [4.69, 9.17) is 4.42 Å². The first-order valence-electron chi connectivity index (χ1n) is 8.05. The van der Waals surface area contributed by atoms with Gasteiger partial charge < -0.3 is 4.42 Å². The Labute approximate surface area is 142 Å². The van der Waals surface area contributed by atoms with E-state index in [-0.39, 0.29) is 11.5 Å². The van der Waals surface area contributed by atoms with E-state index in [1.807, 2.05) is 5.38 Å². The number of carbonyl (C=O) groups is 1. The molecule has 0 atom stereocenters. The summed E-state index contributed by atoms with van der Waals surface area (Å²) >= 11 is 1.38. The van der Waals surface area contributed by atoms with Gasteiger partial charge in [-0.3, -0.25) is 15.0 Å². The Kier molecular flexibility index (Phi) is 3.93. The summed E-state index contributed by atoms with van der Waals surface area (Å²) in [6.45, 7) is 0. The molecule has 0 aromatic carbocycles. The number of thiophene rings is 1. The molecule has 1 saturated carbocycles. The summed E-state index contributed by atoms with van der Waals surface area (Å²) in [5.74, 6) is 0.910. The van der Waals surface area contributed by atoms with Crippen LogP contribution in [0.4, 0.5) is 0 Å². The first-order valence-corrected chi connectivity index (χ1v) is 8.93. The number of hydrogen-bond acceptors (Lipinski definition) is 5. The SMILES string of the molecule is O=C(CC1CCCC1)Nn1cnc2scc(-c3ccco3)c2c1=O. The highest BCUT2D eigenvalue weighted by molar-refractivity contribution is 7.17. The topological polar surface area (TPSA) is 77.1 Å². The van der Waals surface area contributed by atoms with Crippen molar-refractivity contribution in [2.24, 2.45) is 5.92 Å². The molecule has 3 aromatic heterocycles. The van der Waals surface area contributed by atoms with Crippen LogP contribution in [0, 0.1) is 5.92 Å². The highest BCUT2D eigenvalue weighted by Crippen LogP contribution is 2.30. The minimum atomic E-state index is -0.285. The van der Waals surface area contributed by atoms with E-state index >= 15 is 0 Å². The van der Waals surface area contributed by atoms with Crippen LogP contribution in [0.15, 0.2) is 39.3 Å². The Hall–Kier alpha value is -2.41. The van der Waals surface area contributed by atoms with Crippen LogP contribution in [0.1, 0.15) is 32.1 Å². The summed E-state index contributed by atoms with van der Waals surface area (Å²) < 4.78 is 6.57. The number of fused-ring (bicyclic) bond motifs is 1. The number of rotatable bonds is 4. The van der Waals surface area contributed by atoms with Crippen molar-refractivity contribution in [2.75, 3.05) is 5.43 Å². The molecule has 24 heavy (non-hydrogen) atoms. The van der Waals surface area contributed by atoms with Crippen LogP contribution < -0.4 is 11.0 Å². The lowest BCUT2D eigenvalue weighted by Crippen LogP contribution is -2.33. The first kappa shape index (κ1) is 15.1. The minimum Gasteiger partial charge on any atom is -0.464 e. The van der Waals surface area contributed by atoms with E-state index in [1.54, 1.807) is 18.4 Å². The van der Waals surface area contributed by atoms with Gasteiger partial charge in [-0.05, 0) is 30.9 Å². The molecule has 6 nitrogen and oxygen atoms in total. The van der Waals surface area contributed by atoms with E-state index in [2.05, 4.69) is 10.4 Å². The van der Waals surface area contributed by atoms with Gasteiger partial charge in [-0.15, -0.1) is 11.3 Å². The predicted octanol–water partition coefficient (Wildman–Crippen LogP) is 3.37. The Morgan fingerprint density at radius 1 is 1.42 bits per heavy atom. The summed E-state index contributed by atoms with van der Waals surface area (Å²) in [4.78, 5) is 29.9. The molecule has 0 saturated heterocycles. The van der Waals surface area contributed by atoms with Crippen LogP contribution in [0.5, 0.6) is 0 Å². The lowest BCUT2D eigenvalue weighted by atomic mass is 10.0. The average Bonchev–Trinajstić information content (AvgIpc) is 3.29. The first-order chi connectivity index (χ1) is 11.7. The molecule has 1 N–H and O–H groups in total. The van der Waals surface area contributed by atoms with Crippen LogP contribution in [0.2, 0.25) is 0 Å². The molecule has 1 aliphatic carbocycles. The largest absolute Gasteiger partial charge is 0.464 e.